The second-order valence-electron chi connectivity index (χ2n) is 5.48. The third kappa shape index (κ3) is 2.83. The van der Waals surface area contributed by atoms with Crippen LogP contribution in [0.15, 0.2) is 18.3 Å². The van der Waals surface area contributed by atoms with Crippen molar-refractivity contribution < 1.29 is 0 Å². The Morgan fingerprint density at radius 1 is 1.59 bits per heavy atom. The van der Waals surface area contributed by atoms with Gasteiger partial charge in [-0.15, -0.1) is 0 Å². The van der Waals surface area contributed by atoms with Crippen molar-refractivity contribution in [3.05, 3.63) is 29.6 Å². The Kier molecular flexibility index (Phi) is 3.44. The maximum atomic E-state index is 8.79. The topological polar surface area (TPSA) is 48.7 Å². The van der Waals surface area contributed by atoms with Crippen LogP contribution in [0.2, 0.25) is 0 Å². The predicted molar refractivity (Wildman–Crippen MR) is 67.2 cm³/mol. The molecule has 2 rings (SSSR count). The van der Waals surface area contributed by atoms with Gasteiger partial charge in [-0.1, -0.05) is 20.3 Å². The van der Waals surface area contributed by atoms with E-state index in [4.69, 9.17) is 5.26 Å². The first-order valence-electron chi connectivity index (χ1n) is 6.20. The van der Waals surface area contributed by atoms with Crippen molar-refractivity contribution in [3.8, 4) is 6.07 Å². The van der Waals surface area contributed by atoms with Crippen LogP contribution in [0.1, 0.15) is 44.4 Å². The summed E-state index contributed by atoms with van der Waals surface area (Å²) >= 11 is 0. The van der Waals surface area contributed by atoms with Gasteiger partial charge in [-0.05, 0) is 36.0 Å². The fourth-order valence-corrected chi connectivity index (χ4v) is 2.59. The van der Waals surface area contributed by atoms with Crippen LogP contribution in [-0.2, 0) is 6.54 Å². The first-order valence-corrected chi connectivity index (χ1v) is 6.20. The molecule has 1 saturated carbocycles. The minimum Gasteiger partial charge on any atom is -0.309 e. The van der Waals surface area contributed by atoms with Crippen molar-refractivity contribution in [1.29, 1.82) is 5.26 Å². The van der Waals surface area contributed by atoms with Gasteiger partial charge in [0, 0.05) is 18.8 Å². The lowest BCUT2D eigenvalue weighted by atomic mass is 9.87. The van der Waals surface area contributed by atoms with Crippen molar-refractivity contribution in [2.75, 3.05) is 0 Å². The number of aromatic nitrogens is 1. The Hall–Kier alpha value is -1.40. The molecule has 0 aliphatic heterocycles. The summed E-state index contributed by atoms with van der Waals surface area (Å²) < 4.78 is 0. The van der Waals surface area contributed by atoms with E-state index in [0.717, 1.165) is 12.1 Å². The molecule has 1 fully saturated rings. The number of nitrogens with zero attached hydrogens (tertiary/aromatic N) is 2. The maximum absolute atomic E-state index is 8.79. The van der Waals surface area contributed by atoms with Crippen LogP contribution < -0.4 is 5.32 Å². The molecule has 3 nitrogen and oxygen atoms in total. The molecule has 1 unspecified atom stereocenters. The molecule has 1 aromatic heterocycles. The Morgan fingerprint density at radius 3 is 3.06 bits per heavy atom. The highest BCUT2D eigenvalue weighted by Gasteiger charge is 2.33. The molecule has 0 bridgehead atoms. The number of hydrogen-bond acceptors (Lipinski definition) is 3. The van der Waals surface area contributed by atoms with Gasteiger partial charge in [0.1, 0.15) is 11.8 Å². The van der Waals surface area contributed by atoms with Crippen molar-refractivity contribution in [3.63, 3.8) is 0 Å². The largest absolute Gasteiger partial charge is 0.309 e. The highest BCUT2D eigenvalue weighted by Crippen LogP contribution is 2.37. The van der Waals surface area contributed by atoms with E-state index in [-0.39, 0.29) is 0 Å². The molecule has 0 radical (unpaired) electrons. The lowest BCUT2D eigenvalue weighted by Crippen LogP contribution is -2.37. The van der Waals surface area contributed by atoms with Crippen LogP contribution in [0.25, 0.3) is 0 Å². The van der Waals surface area contributed by atoms with Gasteiger partial charge in [0.05, 0.1) is 0 Å². The van der Waals surface area contributed by atoms with Gasteiger partial charge in [0.2, 0.25) is 0 Å². The van der Waals surface area contributed by atoms with Crippen LogP contribution >= 0.6 is 0 Å². The molecule has 0 saturated heterocycles. The van der Waals surface area contributed by atoms with E-state index < -0.39 is 0 Å². The molecule has 1 aliphatic carbocycles. The summed E-state index contributed by atoms with van der Waals surface area (Å²) in [5.74, 6) is 0. The van der Waals surface area contributed by atoms with E-state index in [9.17, 15) is 0 Å². The van der Waals surface area contributed by atoms with Crippen LogP contribution in [0, 0.1) is 16.7 Å². The normalized spacial score (nSPS) is 22.3. The first kappa shape index (κ1) is 12.1. The molecular weight excluding hydrogens is 210 g/mol. The molecule has 0 amide bonds. The van der Waals surface area contributed by atoms with E-state index >= 15 is 0 Å². The van der Waals surface area contributed by atoms with E-state index in [1.54, 1.807) is 6.20 Å². The molecule has 1 heterocycles. The minimum absolute atomic E-state index is 0.394. The molecule has 90 valence electrons. The van der Waals surface area contributed by atoms with Gasteiger partial charge in [0.15, 0.2) is 0 Å². The van der Waals surface area contributed by atoms with Gasteiger partial charge in [-0.3, -0.25) is 0 Å². The van der Waals surface area contributed by atoms with Gasteiger partial charge < -0.3 is 5.32 Å². The average molecular weight is 229 g/mol. The number of nitrogens with one attached hydrogen (secondary N) is 1. The van der Waals surface area contributed by atoms with Crippen molar-refractivity contribution in [2.45, 2.75) is 45.7 Å². The van der Waals surface area contributed by atoms with E-state index in [1.165, 1.54) is 19.3 Å². The lowest BCUT2D eigenvalue weighted by molar-refractivity contribution is 0.282. The average Bonchev–Trinajstić information content (AvgIpc) is 2.66. The van der Waals surface area contributed by atoms with Crippen LogP contribution in [-0.4, -0.2) is 11.0 Å². The summed E-state index contributed by atoms with van der Waals surface area (Å²) in [4.78, 5) is 3.98. The fourth-order valence-electron chi connectivity index (χ4n) is 2.59. The van der Waals surface area contributed by atoms with Gasteiger partial charge in [-0.2, -0.15) is 5.26 Å². The van der Waals surface area contributed by atoms with Crippen LogP contribution in [0.5, 0.6) is 0 Å². The summed E-state index contributed by atoms with van der Waals surface area (Å²) in [7, 11) is 0. The summed E-state index contributed by atoms with van der Waals surface area (Å²) in [6.07, 6.45) is 5.56. The first-order chi connectivity index (χ1) is 8.12. The molecule has 17 heavy (non-hydrogen) atoms. The van der Waals surface area contributed by atoms with E-state index in [0.29, 0.717) is 17.2 Å². The molecule has 1 N–H and O–H groups in total. The standard InChI is InChI=1S/C14H19N3/c1-14(2)6-3-4-13(14)17-10-11-5-7-16-12(8-11)9-15/h5,7-8,13,17H,3-4,6,10H2,1-2H3. The fraction of sp³-hybridized carbons (Fsp3) is 0.571. The number of hydrogen-bond donors (Lipinski definition) is 1. The Morgan fingerprint density at radius 2 is 2.41 bits per heavy atom. The van der Waals surface area contributed by atoms with E-state index in [1.807, 2.05) is 12.1 Å². The zero-order valence-electron chi connectivity index (χ0n) is 10.5. The van der Waals surface area contributed by atoms with Gasteiger partial charge in [-0.25, -0.2) is 4.98 Å². The Balaban J connectivity index is 1.96. The second-order valence-corrected chi connectivity index (χ2v) is 5.48. The van der Waals surface area contributed by atoms with Crippen molar-refractivity contribution >= 4 is 0 Å². The third-order valence-corrected chi connectivity index (χ3v) is 3.75. The van der Waals surface area contributed by atoms with Gasteiger partial charge >= 0.3 is 0 Å². The highest BCUT2D eigenvalue weighted by molar-refractivity contribution is 5.25. The lowest BCUT2D eigenvalue weighted by Gasteiger charge is -2.28. The molecule has 1 aliphatic rings. The van der Waals surface area contributed by atoms with E-state index in [2.05, 4.69) is 30.2 Å². The van der Waals surface area contributed by atoms with Crippen molar-refractivity contribution in [1.82, 2.24) is 10.3 Å². The summed E-state index contributed by atoms with van der Waals surface area (Å²) in [5.41, 5.74) is 2.03. The van der Waals surface area contributed by atoms with Crippen molar-refractivity contribution in [2.24, 2.45) is 5.41 Å². The number of nitriles is 1. The Bertz CT molecular complexity index is 431. The summed E-state index contributed by atoms with van der Waals surface area (Å²) in [6, 6.07) is 6.48. The molecule has 0 aromatic carbocycles. The quantitative estimate of drug-likeness (QED) is 0.866. The second kappa shape index (κ2) is 4.85. The maximum Gasteiger partial charge on any atom is 0.140 e. The summed E-state index contributed by atoms with van der Waals surface area (Å²) in [5, 5.41) is 12.4. The number of pyridine rings is 1. The third-order valence-electron chi connectivity index (χ3n) is 3.75. The summed E-state index contributed by atoms with van der Waals surface area (Å²) in [6.45, 7) is 5.47. The molecule has 3 heteroatoms. The number of rotatable bonds is 3. The van der Waals surface area contributed by atoms with Gasteiger partial charge in [0.25, 0.3) is 0 Å². The Labute approximate surface area is 103 Å². The highest BCUT2D eigenvalue weighted by atomic mass is 14.9. The molecule has 1 aromatic rings. The van der Waals surface area contributed by atoms with Crippen LogP contribution in [0.4, 0.5) is 0 Å². The zero-order valence-corrected chi connectivity index (χ0v) is 10.5. The molecule has 1 atom stereocenters. The zero-order chi connectivity index (χ0) is 12.3. The SMILES string of the molecule is CC1(C)CCCC1NCc1ccnc(C#N)c1. The minimum atomic E-state index is 0.394. The van der Waals surface area contributed by atoms with Crippen LogP contribution in [0.3, 0.4) is 0 Å². The predicted octanol–water partition coefficient (Wildman–Crippen LogP) is 2.62. The molecular formula is C14H19N3. The monoisotopic (exact) mass is 229 g/mol. The molecule has 0 spiro atoms. The smallest absolute Gasteiger partial charge is 0.140 e.